The molecule has 0 radical (unpaired) electrons. The zero-order valence-corrected chi connectivity index (χ0v) is 16.0. The smallest absolute Gasteiger partial charge is 0.257 e. The summed E-state index contributed by atoms with van der Waals surface area (Å²) < 4.78 is 6.58. The van der Waals surface area contributed by atoms with E-state index >= 15 is 0 Å². The second-order valence-corrected chi connectivity index (χ2v) is 13.0. The van der Waals surface area contributed by atoms with Crippen LogP contribution < -0.4 is 0 Å². The summed E-state index contributed by atoms with van der Waals surface area (Å²) in [6.45, 7) is 16.0. The van der Waals surface area contributed by atoms with Crippen LogP contribution in [-0.2, 0) is 9.22 Å². The van der Waals surface area contributed by atoms with Gasteiger partial charge < -0.3 is 4.43 Å². The zero-order valence-electron chi connectivity index (χ0n) is 15.0. The summed E-state index contributed by atoms with van der Waals surface area (Å²) in [7, 11) is -1.84. The van der Waals surface area contributed by atoms with Gasteiger partial charge in [-0.25, -0.2) is 0 Å². The van der Waals surface area contributed by atoms with E-state index in [0.717, 1.165) is 19.3 Å². The van der Waals surface area contributed by atoms with E-state index in [1.54, 1.807) is 0 Å². The van der Waals surface area contributed by atoms with Crippen LogP contribution in [0.15, 0.2) is 11.8 Å². The van der Waals surface area contributed by atoms with Crippen LogP contribution in [0.1, 0.15) is 74.1 Å². The van der Waals surface area contributed by atoms with Crippen molar-refractivity contribution in [1.82, 2.24) is 0 Å². The highest BCUT2D eigenvalue weighted by Gasteiger charge is 2.46. The predicted molar refractivity (Wildman–Crippen MR) is 92.9 cm³/mol. The minimum atomic E-state index is -1.84. The Balaban J connectivity index is 2.98. The van der Waals surface area contributed by atoms with E-state index in [4.69, 9.17) is 4.43 Å². The third kappa shape index (κ3) is 4.21. The van der Waals surface area contributed by atoms with Gasteiger partial charge in [0.05, 0.1) is 6.26 Å². The maximum absolute atomic E-state index is 11.7. The van der Waals surface area contributed by atoms with Crippen molar-refractivity contribution in [3.63, 3.8) is 0 Å². The van der Waals surface area contributed by atoms with Gasteiger partial charge in [-0.2, -0.15) is 0 Å². The molecule has 0 N–H and O–H groups in total. The van der Waals surface area contributed by atoms with Crippen molar-refractivity contribution in [2.75, 3.05) is 0 Å². The summed E-state index contributed by atoms with van der Waals surface area (Å²) in [5, 5.41) is 0. The summed E-state index contributed by atoms with van der Waals surface area (Å²) >= 11 is 0. The molecule has 2 nitrogen and oxygen atoms in total. The maximum atomic E-state index is 11.7. The fourth-order valence-corrected chi connectivity index (χ4v) is 9.24. The zero-order chi connectivity index (χ0) is 16.2. The van der Waals surface area contributed by atoms with E-state index < -0.39 is 8.32 Å². The minimum absolute atomic E-state index is 0.346. The molecule has 21 heavy (non-hydrogen) atoms. The Morgan fingerprint density at radius 2 is 1.57 bits per heavy atom. The number of allylic oxidation sites excluding steroid dienone is 1. The van der Waals surface area contributed by atoms with Crippen molar-refractivity contribution in [2.45, 2.75) is 90.8 Å². The van der Waals surface area contributed by atoms with Crippen LogP contribution >= 0.6 is 0 Å². The second kappa shape index (κ2) is 7.62. The molecule has 0 aromatic carbocycles. The molecule has 0 bridgehead atoms. The van der Waals surface area contributed by atoms with Crippen LogP contribution in [0.2, 0.25) is 16.6 Å². The summed E-state index contributed by atoms with van der Waals surface area (Å²) in [4.78, 5) is 11.7. The monoisotopic (exact) mass is 310 g/mol. The van der Waals surface area contributed by atoms with Crippen molar-refractivity contribution in [1.29, 1.82) is 0 Å². The van der Waals surface area contributed by atoms with E-state index in [9.17, 15) is 4.79 Å². The van der Waals surface area contributed by atoms with Gasteiger partial charge in [-0.15, -0.1) is 0 Å². The van der Waals surface area contributed by atoms with Crippen molar-refractivity contribution < 1.29 is 9.22 Å². The quantitative estimate of drug-likeness (QED) is 0.362. The Bertz CT molecular complexity index is 361. The average molecular weight is 311 g/mol. The third-order valence-electron chi connectivity index (χ3n) is 5.21. The molecule has 0 amide bonds. The maximum Gasteiger partial charge on any atom is 0.257 e. The number of hydrogen-bond acceptors (Lipinski definition) is 2. The molecule has 3 heteroatoms. The number of carbonyl (C=O) groups excluding carboxylic acids is 1. The SMILES string of the molecule is CC1CC(=O)CCC/C1=C\O[Si](C(C)C)(C(C)C)C(C)C. The molecule has 0 saturated heterocycles. The van der Waals surface area contributed by atoms with Crippen LogP contribution in [0.25, 0.3) is 0 Å². The Morgan fingerprint density at radius 3 is 2.05 bits per heavy atom. The Morgan fingerprint density at radius 1 is 1.05 bits per heavy atom. The fraction of sp³-hybridized carbons (Fsp3) is 0.833. The lowest BCUT2D eigenvalue weighted by atomic mass is 9.97. The van der Waals surface area contributed by atoms with Gasteiger partial charge in [0, 0.05) is 12.8 Å². The van der Waals surface area contributed by atoms with Gasteiger partial charge in [0.25, 0.3) is 8.32 Å². The summed E-state index contributed by atoms with van der Waals surface area (Å²) in [5.74, 6) is 0.754. The molecule has 0 aromatic heterocycles. The normalized spacial score (nSPS) is 23.2. The predicted octanol–water partition coefficient (Wildman–Crippen LogP) is 5.84. The number of ketones is 1. The van der Waals surface area contributed by atoms with E-state index in [1.807, 2.05) is 0 Å². The first kappa shape index (κ1) is 18.5. The molecule has 1 unspecified atom stereocenters. The second-order valence-electron chi connectivity index (χ2n) is 7.63. The molecule has 0 aromatic rings. The van der Waals surface area contributed by atoms with E-state index in [-0.39, 0.29) is 0 Å². The van der Waals surface area contributed by atoms with Crippen molar-refractivity contribution in [3.05, 3.63) is 11.8 Å². The molecule has 122 valence electrons. The van der Waals surface area contributed by atoms with E-state index in [1.165, 1.54) is 5.57 Å². The first-order chi connectivity index (χ1) is 9.71. The highest BCUT2D eigenvalue weighted by Crippen LogP contribution is 2.43. The third-order valence-corrected chi connectivity index (χ3v) is 11.1. The Kier molecular flexibility index (Phi) is 6.70. The van der Waals surface area contributed by atoms with Crippen LogP contribution in [0.5, 0.6) is 0 Å². The first-order valence-corrected chi connectivity index (χ1v) is 10.7. The molecular weight excluding hydrogens is 276 g/mol. The summed E-state index contributed by atoms with van der Waals surface area (Å²) in [5.41, 5.74) is 3.13. The van der Waals surface area contributed by atoms with Crippen molar-refractivity contribution >= 4 is 14.1 Å². The highest BCUT2D eigenvalue weighted by molar-refractivity contribution is 6.77. The molecule has 1 aliphatic carbocycles. The molecular formula is C18H34O2Si. The molecule has 1 atom stereocenters. The lowest BCUT2D eigenvalue weighted by molar-refractivity contribution is -0.119. The number of Topliss-reactive ketones (excluding diaryl/α,β-unsaturated/α-hetero) is 1. The van der Waals surface area contributed by atoms with Crippen LogP contribution in [0, 0.1) is 5.92 Å². The molecule has 1 fully saturated rings. The Labute approximate surface area is 132 Å². The molecule has 0 aliphatic heterocycles. The fourth-order valence-electron chi connectivity index (χ4n) is 4.07. The number of hydrogen-bond donors (Lipinski definition) is 0. The standard InChI is InChI=1S/C18H34O2Si/c1-13(2)21(14(3)4,15(5)6)20-12-17-9-8-10-18(19)11-16(17)7/h12-16H,8-11H2,1-7H3/b17-12+. The number of rotatable bonds is 5. The first-order valence-electron chi connectivity index (χ1n) is 8.60. The highest BCUT2D eigenvalue weighted by atomic mass is 28.4. The topological polar surface area (TPSA) is 26.3 Å². The van der Waals surface area contributed by atoms with E-state index in [2.05, 4.69) is 54.7 Å². The van der Waals surface area contributed by atoms with Crippen molar-refractivity contribution in [3.8, 4) is 0 Å². The van der Waals surface area contributed by atoms with Gasteiger partial charge in [-0.3, -0.25) is 4.79 Å². The van der Waals surface area contributed by atoms with Gasteiger partial charge in [0.15, 0.2) is 0 Å². The minimum Gasteiger partial charge on any atom is -0.548 e. The lowest BCUT2D eigenvalue weighted by Crippen LogP contribution is -2.46. The average Bonchev–Trinajstić information content (AvgIpc) is 2.50. The van der Waals surface area contributed by atoms with Crippen LogP contribution in [0.4, 0.5) is 0 Å². The van der Waals surface area contributed by atoms with Gasteiger partial charge in [-0.1, -0.05) is 48.5 Å². The molecule has 0 spiro atoms. The molecule has 1 rings (SSSR count). The lowest BCUT2D eigenvalue weighted by Gasteiger charge is -2.41. The van der Waals surface area contributed by atoms with Crippen LogP contribution in [-0.4, -0.2) is 14.1 Å². The van der Waals surface area contributed by atoms with Gasteiger partial charge >= 0.3 is 0 Å². The Hall–Kier alpha value is -0.573. The summed E-state index contributed by atoms with van der Waals surface area (Å²) in [6, 6.07) is 0. The molecule has 0 heterocycles. The van der Waals surface area contributed by atoms with Gasteiger partial charge in [0.1, 0.15) is 5.78 Å². The molecule has 1 saturated carbocycles. The van der Waals surface area contributed by atoms with Gasteiger partial charge in [-0.05, 0) is 41.0 Å². The van der Waals surface area contributed by atoms with Crippen molar-refractivity contribution in [2.24, 2.45) is 5.92 Å². The van der Waals surface area contributed by atoms with Crippen LogP contribution in [0.3, 0.4) is 0 Å². The van der Waals surface area contributed by atoms with E-state index in [0.29, 0.717) is 34.7 Å². The van der Waals surface area contributed by atoms with Gasteiger partial charge in [0.2, 0.25) is 0 Å². The molecule has 1 aliphatic rings. The summed E-state index contributed by atoms with van der Waals surface area (Å²) in [6.07, 6.45) is 5.50. The number of carbonyl (C=O) groups is 1. The largest absolute Gasteiger partial charge is 0.548 e.